The van der Waals surface area contributed by atoms with Crippen LogP contribution in [0.25, 0.3) is 11.4 Å². The first-order valence-corrected chi connectivity index (χ1v) is 14.1. The minimum Gasteiger partial charge on any atom is -0.460 e. The molecule has 0 saturated carbocycles. The quantitative estimate of drug-likeness (QED) is 0.184. The number of esters is 2. The molecule has 0 bridgehead atoms. The average molecular weight is 607 g/mol. The van der Waals surface area contributed by atoms with Crippen LogP contribution in [0.4, 0.5) is 4.79 Å². The third-order valence-electron chi connectivity index (χ3n) is 5.60. The number of nitrogens with zero attached hydrogens (tertiary/aromatic N) is 5. The Morgan fingerprint density at radius 2 is 1.79 bits per heavy atom. The second-order valence-corrected chi connectivity index (χ2v) is 11.2. The number of hydrogen-bond donors (Lipinski definition) is 1. The second kappa shape index (κ2) is 14.3. The van der Waals surface area contributed by atoms with Crippen molar-refractivity contribution in [3.05, 3.63) is 82.3 Å². The lowest BCUT2D eigenvalue weighted by Crippen LogP contribution is -2.45. The molecule has 4 rings (SSSR count). The minimum absolute atomic E-state index is 0.0223. The number of Topliss-reactive ketones (excluding diaryl/α,β-unsaturated/α-hetero) is 1. The van der Waals surface area contributed by atoms with Crippen molar-refractivity contribution >= 4 is 35.2 Å². The standard InChI is InChI=1S/C29H30N6O7S/c1-29(2,3)42-25(37)15-22(31-28(39)41-17-19-8-5-4-6-9-19)23(36)16-35-33-26(32-34-35)20-10-7-11-21(14-20)27(38)40-18-24-30-12-13-43-24/h4-14,22H,15-18H2,1-3H3,(H,31,39). The van der Waals surface area contributed by atoms with E-state index in [4.69, 9.17) is 14.2 Å². The summed E-state index contributed by atoms with van der Waals surface area (Å²) >= 11 is 1.38. The number of benzene rings is 2. The van der Waals surface area contributed by atoms with Crippen molar-refractivity contribution in [1.82, 2.24) is 30.5 Å². The van der Waals surface area contributed by atoms with Gasteiger partial charge < -0.3 is 19.5 Å². The van der Waals surface area contributed by atoms with Gasteiger partial charge in [0, 0.05) is 17.1 Å². The Hall–Kier alpha value is -4.98. The van der Waals surface area contributed by atoms with Gasteiger partial charge in [-0.05, 0) is 43.7 Å². The Kier molecular flexibility index (Phi) is 10.3. The van der Waals surface area contributed by atoms with Crippen molar-refractivity contribution in [2.24, 2.45) is 0 Å². The van der Waals surface area contributed by atoms with Gasteiger partial charge in [0.1, 0.15) is 36.4 Å². The van der Waals surface area contributed by atoms with Gasteiger partial charge in [0.05, 0.1) is 12.0 Å². The van der Waals surface area contributed by atoms with E-state index in [9.17, 15) is 19.2 Å². The van der Waals surface area contributed by atoms with Crippen molar-refractivity contribution in [3.8, 4) is 11.4 Å². The lowest BCUT2D eigenvalue weighted by atomic mass is 10.1. The molecule has 1 amide bonds. The third-order valence-corrected chi connectivity index (χ3v) is 6.35. The van der Waals surface area contributed by atoms with E-state index in [0.717, 1.165) is 10.4 Å². The van der Waals surface area contributed by atoms with Crippen LogP contribution in [0.5, 0.6) is 0 Å². The minimum atomic E-state index is -1.27. The lowest BCUT2D eigenvalue weighted by molar-refractivity contribution is -0.156. The largest absolute Gasteiger partial charge is 0.460 e. The predicted octanol–water partition coefficient (Wildman–Crippen LogP) is 3.75. The van der Waals surface area contributed by atoms with Crippen molar-refractivity contribution in [1.29, 1.82) is 0 Å². The number of tetrazole rings is 1. The Labute approximate surface area is 251 Å². The maximum absolute atomic E-state index is 13.2. The number of aromatic nitrogens is 5. The van der Waals surface area contributed by atoms with E-state index in [1.165, 1.54) is 11.3 Å². The maximum Gasteiger partial charge on any atom is 0.408 e. The smallest absolute Gasteiger partial charge is 0.408 e. The van der Waals surface area contributed by atoms with E-state index < -0.39 is 48.4 Å². The Morgan fingerprint density at radius 1 is 1.00 bits per heavy atom. The monoisotopic (exact) mass is 606 g/mol. The van der Waals surface area contributed by atoms with Crippen LogP contribution in [0.1, 0.15) is 48.1 Å². The van der Waals surface area contributed by atoms with Crippen LogP contribution in [0.3, 0.4) is 0 Å². The van der Waals surface area contributed by atoms with Crippen molar-refractivity contribution in [2.45, 2.75) is 58.6 Å². The first kappa shape index (κ1) is 31.0. The van der Waals surface area contributed by atoms with Gasteiger partial charge in [0.15, 0.2) is 5.78 Å². The van der Waals surface area contributed by atoms with E-state index in [2.05, 4.69) is 25.7 Å². The highest BCUT2D eigenvalue weighted by molar-refractivity contribution is 7.09. The van der Waals surface area contributed by atoms with Crippen LogP contribution in [0.2, 0.25) is 0 Å². The summed E-state index contributed by atoms with van der Waals surface area (Å²) in [5.74, 6) is -1.65. The SMILES string of the molecule is CC(C)(C)OC(=O)CC(NC(=O)OCc1ccccc1)C(=O)Cn1nnc(-c2cccc(C(=O)OCc3nccs3)c2)n1. The molecule has 0 spiro atoms. The molecule has 1 unspecified atom stereocenters. The van der Waals surface area contributed by atoms with Gasteiger partial charge in [-0.3, -0.25) is 9.59 Å². The van der Waals surface area contributed by atoms with Crippen LogP contribution in [0, 0.1) is 0 Å². The van der Waals surface area contributed by atoms with Gasteiger partial charge in [-0.25, -0.2) is 14.6 Å². The number of alkyl carbamates (subject to hydrolysis) is 1. The van der Waals surface area contributed by atoms with Gasteiger partial charge in [0.25, 0.3) is 0 Å². The van der Waals surface area contributed by atoms with E-state index in [1.54, 1.807) is 80.9 Å². The van der Waals surface area contributed by atoms with E-state index in [-0.39, 0.29) is 24.6 Å². The summed E-state index contributed by atoms with van der Waals surface area (Å²) in [5.41, 5.74) is 0.708. The number of hydrogen-bond acceptors (Lipinski definition) is 12. The first-order valence-electron chi connectivity index (χ1n) is 13.2. The zero-order chi connectivity index (χ0) is 30.8. The Bertz CT molecular complexity index is 1550. The van der Waals surface area contributed by atoms with E-state index >= 15 is 0 Å². The number of carbonyl (C=O) groups is 4. The molecule has 0 aliphatic carbocycles. The molecule has 1 N–H and O–H groups in total. The van der Waals surface area contributed by atoms with Crippen molar-refractivity contribution < 1.29 is 33.4 Å². The second-order valence-electron chi connectivity index (χ2n) is 10.2. The molecule has 224 valence electrons. The van der Waals surface area contributed by atoms with Gasteiger partial charge in [-0.15, -0.1) is 21.5 Å². The molecule has 43 heavy (non-hydrogen) atoms. The zero-order valence-corrected chi connectivity index (χ0v) is 24.6. The fourth-order valence-corrected chi connectivity index (χ4v) is 4.23. The van der Waals surface area contributed by atoms with Gasteiger partial charge >= 0.3 is 18.0 Å². The molecule has 0 radical (unpaired) electrons. The first-order chi connectivity index (χ1) is 20.6. The number of ketones is 1. The topological polar surface area (TPSA) is 164 Å². The fraction of sp³-hybridized carbons (Fsp3) is 0.310. The van der Waals surface area contributed by atoms with Gasteiger partial charge in [-0.1, -0.05) is 42.5 Å². The Balaban J connectivity index is 1.40. The number of nitrogens with one attached hydrogen (secondary N) is 1. The average Bonchev–Trinajstić information content (AvgIpc) is 3.67. The van der Waals surface area contributed by atoms with Crippen LogP contribution >= 0.6 is 11.3 Å². The summed E-state index contributed by atoms with van der Waals surface area (Å²) in [6, 6.07) is 14.2. The number of ether oxygens (including phenoxy) is 3. The summed E-state index contributed by atoms with van der Waals surface area (Å²) in [6.07, 6.45) is 0.321. The Morgan fingerprint density at radius 3 is 2.51 bits per heavy atom. The summed E-state index contributed by atoms with van der Waals surface area (Å²) in [6.45, 7) is 4.70. The third kappa shape index (κ3) is 9.81. The van der Waals surface area contributed by atoms with Gasteiger partial charge in [-0.2, -0.15) is 4.80 Å². The van der Waals surface area contributed by atoms with E-state index in [0.29, 0.717) is 10.6 Å². The highest BCUT2D eigenvalue weighted by Gasteiger charge is 2.28. The molecule has 0 aliphatic heterocycles. The number of amides is 1. The molecule has 0 aliphatic rings. The summed E-state index contributed by atoms with van der Waals surface area (Å²) in [7, 11) is 0. The summed E-state index contributed by atoms with van der Waals surface area (Å²) < 4.78 is 15.9. The number of rotatable bonds is 12. The highest BCUT2D eigenvalue weighted by Crippen LogP contribution is 2.17. The van der Waals surface area contributed by atoms with Crippen molar-refractivity contribution in [2.75, 3.05) is 0 Å². The number of carbonyl (C=O) groups excluding carboxylic acids is 4. The lowest BCUT2D eigenvalue weighted by Gasteiger charge is -2.22. The van der Waals surface area contributed by atoms with Gasteiger partial charge in [0.2, 0.25) is 5.82 Å². The zero-order valence-electron chi connectivity index (χ0n) is 23.8. The van der Waals surface area contributed by atoms with Crippen LogP contribution < -0.4 is 5.32 Å². The summed E-state index contributed by atoms with van der Waals surface area (Å²) in [4.78, 5) is 55.9. The van der Waals surface area contributed by atoms with Crippen LogP contribution in [-0.2, 0) is 43.6 Å². The summed E-state index contributed by atoms with van der Waals surface area (Å²) in [5, 5.41) is 17.1. The molecule has 0 fully saturated rings. The molecular formula is C29H30N6O7S. The molecule has 13 nitrogen and oxygen atoms in total. The molecule has 0 saturated heterocycles. The predicted molar refractivity (Wildman–Crippen MR) is 154 cm³/mol. The van der Waals surface area contributed by atoms with Crippen molar-refractivity contribution in [3.63, 3.8) is 0 Å². The van der Waals surface area contributed by atoms with Crippen LogP contribution in [0.15, 0.2) is 66.2 Å². The highest BCUT2D eigenvalue weighted by atomic mass is 32.1. The molecule has 2 heterocycles. The molecule has 4 aromatic rings. The fourth-order valence-electron chi connectivity index (χ4n) is 3.70. The molecule has 2 aromatic carbocycles. The number of thiazole rings is 1. The molecule has 2 aromatic heterocycles. The molecule has 1 atom stereocenters. The normalized spacial score (nSPS) is 11.8. The molecule has 14 heteroatoms. The molecular weight excluding hydrogens is 576 g/mol. The maximum atomic E-state index is 13.2. The van der Waals surface area contributed by atoms with Crippen LogP contribution in [-0.4, -0.2) is 60.6 Å². The van der Waals surface area contributed by atoms with E-state index in [1.807, 2.05) is 6.07 Å².